The maximum atomic E-state index is 12.4. The summed E-state index contributed by atoms with van der Waals surface area (Å²) in [6.45, 7) is -0.189. The van der Waals surface area contributed by atoms with E-state index in [0.717, 1.165) is 27.3 Å². The zero-order chi connectivity index (χ0) is 16.2. The predicted molar refractivity (Wildman–Crippen MR) is 85.2 cm³/mol. The van der Waals surface area contributed by atoms with Crippen LogP contribution in [-0.2, 0) is 11.2 Å². The molecule has 5 nitrogen and oxygen atoms in total. The summed E-state index contributed by atoms with van der Waals surface area (Å²) in [4.78, 5) is 13.6. The number of amides is 1. The molecule has 1 amide bonds. The smallest absolute Gasteiger partial charge is 0.228 e. The van der Waals surface area contributed by atoms with E-state index in [0.29, 0.717) is 0 Å². The van der Waals surface area contributed by atoms with E-state index in [2.05, 4.69) is 0 Å². The quantitative estimate of drug-likeness (QED) is 0.694. The van der Waals surface area contributed by atoms with E-state index in [-0.39, 0.29) is 25.4 Å². The van der Waals surface area contributed by atoms with Crippen molar-refractivity contribution in [2.45, 2.75) is 6.42 Å². The number of nitrogens with zero attached hydrogens (tertiary/aromatic N) is 3. The summed E-state index contributed by atoms with van der Waals surface area (Å²) in [5.41, 5.74) is 1.49. The van der Waals surface area contributed by atoms with Crippen molar-refractivity contribution >= 4 is 27.6 Å². The van der Waals surface area contributed by atoms with E-state index < -0.39 is 0 Å². The van der Waals surface area contributed by atoms with Crippen LogP contribution in [0.3, 0.4) is 0 Å². The van der Waals surface area contributed by atoms with Gasteiger partial charge in [-0.25, -0.2) is 0 Å². The third kappa shape index (κ3) is 2.73. The van der Waals surface area contributed by atoms with E-state index in [1.54, 1.807) is 6.26 Å². The lowest BCUT2D eigenvalue weighted by atomic mass is 10.0. The van der Waals surface area contributed by atoms with Crippen molar-refractivity contribution < 1.29 is 9.21 Å². The van der Waals surface area contributed by atoms with Crippen LogP contribution in [0.5, 0.6) is 0 Å². The average Bonchev–Trinajstić information content (AvgIpc) is 2.98. The van der Waals surface area contributed by atoms with Gasteiger partial charge in [-0.2, -0.15) is 10.5 Å². The van der Waals surface area contributed by atoms with Crippen molar-refractivity contribution in [3.05, 3.63) is 48.2 Å². The molecule has 3 rings (SSSR count). The lowest BCUT2D eigenvalue weighted by Crippen LogP contribution is -2.32. The van der Waals surface area contributed by atoms with Crippen molar-refractivity contribution in [1.29, 1.82) is 10.5 Å². The van der Waals surface area contributed by atoms with Gasteiger partial charge in [0.15, 0.2) is 0 Å². The number of carbonyl (C=O) groups is 1. The van der Waals surface area contributed by atoms with Gasteiger partial charge >= 0.3 is 0 Å². The summed E-state index contributed by atoms with van der Waals surface area (Å²) in [6.07, 6.45) is 1.68. The minimum atomic E-state index is -0.260. The maximum Gasteiger partial charge on any atom is 0.228 e. The van der Waals surface area contributed by atoms with Crippen molar-refractivity contribution in [2.24, 2.45) is 0 Å². The van der Waals surface area contributed by atoms with Gasteiger partial charge in [-0.3, -0.25) is 4.79 Å². The highest BCUT2D eigenvalue weighted by molar-refractivity contribution is 6.08. The molecule has 1 heterocycles. The Morgan fingerprint density at radius 2 is 1.83 bits per heavy atom. The molecule has 0 atom stereocenters. The summed E-state index contributed by atoms with van der Waals surface area (Å²) < 4.78 is 5.56. The monoisotopic (exact) mass is 303 g/mol. The van der Waals surface area contributed by atoms with Crippen LogP contribution < -0.4 is 0 Å². The van der Waals surface area contributed by atoms with Crippen LogP contribution in [0.25, 0.3) is 21.7 Å². The van der Waals surface area contributed by atoms with E-state index in [1.807, 2.05) is 48.5 Å². The predicted octanol–water partition coefficient (Wildman–Crippen LogP) is 3.00. The molecule has 5 heteroatoms. The first kappa shape index (κ1) is 14.6. The highest BCUT2D eigenvalue weighted by atomic mass is 16.3. The Hall–Kier alpha value is -3.31. The van der Waals surface area contributed by atoms with Crippen LogP contribution in [0.1, 0.15) is 5.56 Å². The molecule has 0 aliphatic rings. The van der Waals surface area contributed by atoms with E-state index in [1.165, 1.54) is 4.90 Å². The van der Waals surface area contributed by atoms with Gasteiger partial charge in [-0.15, -0.1) is 0 Å². The van der Waals surface area contributed by atoms with E-state index in [4.69, 9.17) is 14.9 Å². The van der Waals surface area contributed by atoms with Crippen molar-refractivity contribution in [3.63, 3.8) is 0 Å². The van der Waals surface area contributed by atoms with E-state index in [9.17, 15) is 4.79 Å². The molecule has 1 aromatic heterocycles. The fraction of sp³-hybridized carbons (Fsp3) is 0.167. The first-order valence-corrected chi connectivity index (χ1v) is 7.14. The van der Waals surface area contributed by atoms with Crippen LogP contribution >= 0.6 is 0 Å². The largest absolute Gasteiger partial charge is 0.464 e. The minimum Gasteiger partial charge on any atom is -0.464 e. The highest BCUT2D eigenvalue weighted by Gasteiger charge is 2.17. The molecule has 0 radical (unpaired) electrons. The third-order valence-corrected chi connectivity index (χ3v) is 3.76. The third-order valence-electron chi connectivity index (χ3n) is 3.76. The molecule has 23 heavy (non-hydrogen) atoms. The SMILES string of the molecule is N#CCN(CC#N)C(=O)Cc1coc2ccc3ccccc3c12. The highest BCUT2D eigenvalue weighted by Crippen LogP contribution is 2.30. The first-order valence-electron chi connectivity index (χ1n) is 7.14. The fourth-order valence-corrected chi connectivity index (χ4v) is 2.68. The van der Waals surface area contributed by atoms with Gasteiger partial charge in [0, 0.05) is 10.9 Å². The second-order valence-corrected chi connectivity index (χ2v) is 5.16. The van der Waals surface area contributed by atoms with Gasteiger partial charge < -0.3 is 9.32 Å². The number of furan rings is 1. The molecular weight excluding hydrogens is 290 g/mol. The summed E-state index contributed by atoms with van der Waals surface area (Å²) >= 11 is 0. The first-order chi connectivity index (χ1) is 11.2. The second kappa shape index (κ2) is 6.21. The van der Waals surface area contributed by atoms with Gasteiger partial charge in [-0.1, -0.05) is 30.3 Å². The van der Waals surface area contributed by atoms with Gasteiger partial charge in [0.25, 0.3) is 0 Å². The topological polar surface area (TPSA) is 81.0 Å². The lowest BCUT2D eigenvalue weighted by molar-refractivity contribution is -0.129. The number of fused-ring (bicyclic) bond motifs is 3. The van der Waals surface area contributed by atoms with Crippen LogP contribution in [0, 0.1) is 22.7 Å². The number of carbonyl (C=O) groups excluding carboxylic acids is 1. The van der Waals surface area contributed by atoms with Crippen molar-refractivity contribution in [2.75, 3.05) is 13.1 Å². The standard InChI is InChI=1S/C18H13N3O2/c19-7-9-21(10-8-20)17(22)11-14-12-23-16-6-5-13-3-1-2-4-15(13)18(14)16/h1-6,12H,9-11H2. The summed E-state index contributed by atoms with van der Waals surface area (Å²) in [5, 5.41) is 20.6. The number of nitriles is 2. The Morgan fingerprint density at radius 1 is 1.09 bits per heavy atom. The molecule has 0 unspecified atom stereocenters. The molecule has 0 N–H and O–H groups in total. The molecule has 0 spiro atoms. The van der Waals surface area contributed by atoms with Gasteiger partial charge in [0.05, 0.1) is 24.8 Å². The van der Waals surface area contributed by atoms with E-state index >= 15 is 0 Å². The average molecular weight is 303 g/mol. The number of hydrogen-bond donors (Lipinski definition) is 0. The summed E-state index contributed by atoms with van der Waals surface area (Å²) in [5.74, 6) is -0.260. The molecule has 0 fully saturated rings. The Bertz CT molecular complexity index is 944. The molecule has 0 saturated heterocycles. The summed E-state index contributed by atoms with van der Waals surface area (Å²) in [6, 6.07) is 15.6. The molecule has 2 aromatic carbocycles. The maximum absolute atomic E-state index is 12.4. The summed E-state index contributed by atoms with van der Waals surface area (Å²) in [7, 11) is 0. The zero-order valence-corrected chi connectivity index (χ0v) is 12.3. The van der Waals surface area contributed by atoms with Crippen molar-refractivity contribution in [1.82, 2.24) is 4.90 Å². The van der Waals surface area contributed by atoms with Crippen molar-refractivity contribution in [3.8, 4) is 12.1 Å². The number of benzene rings is 2. The zero-order valence-electron chi connectivity index (χ0n) is 12.3. The molecule has 3 aromatic rings. The van der Waals surface area contributed by atoms with Crippen LogP contribution in [0.4, 0.5) is 0 Å². The molecule has 0 saturated carbocycles. The van der Waals surface area contributed by atoms with Gasteiger partial charge in [0.1, 0.15) is 18.7 Å². The van der Waals surface area contributed by atoms with Crippen LogP contribution in [-0.4, -0.2) is 23.9 Å². The normalized spacial score (nSPS) is 10.3. The minimum absolute atomic E-state index is 0.0943. The van der Waals surface area contributed by atoms with Crippen LogP contribution in [0.2, 0.25) is 0 Å². The Balaban J connectivity index is 2.01. The molecule has 112 valence electrons. The Morgan fingerprint density at radius 3 is 2.57 bits per heavy atom. The van der Waals surface area contributed by atoms with Gasteiger partial charge in [-0.05, 0) is 16.8 Å². The molecule has 0 aliphatic carbocycles. The molecule has 0 aliphatic heterocycles. The number of hydrogen-bond acceptors (Lipinski definition) is 4. The molecule has 0 bridgehead atoms. The Labute approximate surface area is 132 Å². The van der Waals surface area contributed by atoms with Gasteiger partial charge in [0.2, 0.25) is 5.91 Å². The Kier molecular flexibility index (Phi) is 3.95. The molecular formula is C18H13N3O2. The lowest BCUT2D eigenvalue weighted by Gasteiger charge is -2.15. The fourth-order valence-electron chi connectivity index (χ4n) is 2.68. The second-order valence-electron chi connectivity index (χ2n) is 5.16. The number of rotatable bonds is 4. The van der Waals surface area contributed by atoms with Crippen LogP contribution in [0.15, 0.2) is 47.1 Å².